The number of nitrogens with zero attached hydrogens (tertiary/aromatic N) is 1. The molecule has 0 saturated carbocycles. The van der Waals surface area contributed by atoms with Gasteiger partial charge in [0.25, 0.3) is 0 Å². The number of thiazole rings is 1. The van der Waals surface area contributed by atoms with Gasteiger partial charge in [0.15, 0.2) is 5.13 Å². The molecule has 2 atom stereocenters. The Kier molecular flexibility index (Phi) is 5.50. The van der Waals surface area contributed by atoms with Crippen molar-refractivity contribution < 1.29 is 14.6 Å². The summed E-state index contributed by atoms with van der Waals surface area (Å²) >= 11 is 7.30. The van der Waals surface area contributed by atoms with Crippen LogP contribution in [-0.2, 0) is 4.74 Å². The number of aliphatic hydroxyl groups excluding tert-OH is 1. The van der Waals surface area contributed by atoms with Gasteiger partial charge in [-0.25, -0.2) is 9.78 Å². The van der Waals surface area contributed by atoms with Gasteiger partial charge in [0.1, 0.15) is 11.1 Å². The predicted octanol–water partition coefficient (Wildman–Crippen LogP) is 3.91. The van der Waals surface area contributed by atoms with Gasteiger partial charge in [-0.2, -0.15) is 0 Å². The zero-order valence-electron chi connectivity index (χ0n) is 14.7. The molecule has 3 N–H and O–H groups in total. The number of anilines is 2. The van der Waals surface area contributed by atoms with Crippen molar-refractivity contribution in [2.75, 3.05) is 17.2 Å². The fraction of sp³-hybridized carbons (Fsp3) is 0.333. The Morgan fingerprint density at radius 2 is 2.31 bits per heavy atom. The number of fused-ring (bicyclic) bond motifs is 1. The molecule has 0 fully saturated rings. The van der Waals surface area contributed by atoms with E-state index in [1.54, 1.807) is 19.9 Å². The van der Waals surface area contributed by atoms with Crippen LogP contribution in [0.25, 0.3) is 6.08 Å². The summed E-state index contributed by atoms with van der Waals surface area (Å²) in [6.07, 6.45) is 1.09. The third kappa shape index (κ3) is 3.85. The third-order valence-electron chi connectivity index (χ3n) is 4.04. The second-order valence-electron chi connectivity index (χ2n) is 5.94. The van der Waals surface area contributed by atoms with Gasteiger partial charge in [0, 0.05) is 16.3 Å². The van der Waals surface area contributed by atoms with E-state index in [1.165, 1.54) is 11.3 Å². The van der Waals surface area contributed by atoms with Crippen LogP contribution in [0, 0.1) is 6.92 Å². The zero-order valence-corrected chi connectivity index (χ0v) is 16.2. The molecule has 0 radical (unpaired) electrons. The first-order chi connectivity index (χ1) is 12.4. The Labute approximate surface area is 160 Å². The van der Waals surface area contributed by atoms with E-state index in [0.717, 1.165) is 16.8 Å². The molecule has 1 aromatic heterocycles. The minimum Gasteiger partial charge on any atom is -0.462 e. The van der Waals surface area contributed by atoms with Crippen LogP contribution in [0.1, 0.15) is 34.8 Å². The van der Waals surface area contributed by atoms with E-state index in [0.29, 0.717) is 27.3 Å². The van der Waals surface area contributed by atoms with E-state index >= 15 is 0 Å². The third-order valence-corrected chi connectivity index (χ3v) is 5.34. The summed E-state index contributed by atoms with van der Waals surface area (Å²) in [5, 5.41) is 17.9. The monoisotopic (exact) mass is 393 g/mol. The van der Waals surface area contributed by atoms with Crippen LogP contribution in [0.15, 0.2) is 23.8 Å². The molecule has 138 valence electrons. The summed E-state index contributed by atoms with van der Waals surface area (Å²) in [7, 11) is 0. The standard InChI is InChI=1S/C18H20ClN3O3S/c1-4-25-17(24)15-10(3)21-18(26-15)20-9(2)13-8-11-7-12(19)5-6-14(11)22-16(13)23/h5-9,16,22-23H,4H2,1-3H3,(H,20,21)/t9-,16?/m0/s1. The van der Waals surface area contributed by atoms with E-state index < -0.39 is 6.23 Å². The van der Waals surface area contributed by atoms with Crippen LogP contribution in [0.2, 0.25) is 5.02 Å². The first kappa shape index (κ1) is 18.7. The average molecular weight is 394 g/mol. The normalized spacial score (nSPS) is 17.0. The predicted molar refractivity (Wildman–Crippen MR) is 105 cm³/mol. The summed E-state index contributed by atoms with van der Waals surface area (Å²) in [4.78, 5) is 16.8. The summed E-state index contributed by atoms with van der Waals surface area (Å²) in [5.74, 6) is -0.370. The number of rotatable bonds is 5. The van der Waals surface area contributed by atoms with Crippen molar-refractivity contribution in [3.63, 3.8) is 0 Å². The van der Waals surface area contributed by atoms with Gasteiger partial charge >= 0.3 is 5.97 Å². The van der Waals surface area contributed by atoms with Crippen LogP contribution in [-0.4, -0.2) is 34.9 Å². The molecule has 1 unspecified atom stereocenters. The maximum absolute atomic E-state index is 11.9. The molecule has 1 aliphatic heterocycles. The Bertz CT molecular complexity index is 865. The summed E-state index contributed by atoms with van der Waals surface area (Å²) in [5.41, 5.74) is 3.11. The highest BCUT2D eigenvalue weighted by Crippen LogP contribution is 2.31. The van der Waals surface area contributed by atoms with Gasteiger partial charge in [-0.05, 0) is 50.6 Å². The number of hydrogen-bond acceptors (Lipinski definition) is 7. The SMILES string of the molecule is CCOC(=O)c1sc(N[C@@H](C)C2=Cc3cc(Cl)ccc3NC2O)nc1C. The Hall–Kier alpha value is -2.09. The number of hydrogen-bond donors (Lipinski definition) is 3. The van der Waals surface area contributed by atoms with Gasteiger partial charge in [0.05, 0.1) is 18.3 Å². The summed E-state index contributed by atoms with van der Waals surface area (Å²) in [6, 6.07) is 5.25. The second-order valence-corrected chi connectivity index (χ2v) is 7.38. The lowest BCUT2D eigenvalue weighted by Crippen LogP contribution is -2.33. The van der Waals surface area contributed by atoms with E-state index in [9.17, 15) is 9.90 Å². The number of nitrogens with one attached hydrogen (secondary N) is 2. The van der Waals surface area contributed by atoms with Gasteiger partial charge < -0.3 is 20.5 Å². The number of carbonyl (C=O) groups is 1. The maximum Gasteiger partial charge on any atom is 0.350 e. The van der Waals surface area contributed by atoms with Crippen LogP contribution in [0.5, 0.6) is 0 Å². The first-order valence-electron chi connectivity index (χ1n) is 8.25. The summed E-state index contributed by atoms with van der Waals surface area (Å²) in [6.45, 7) is 5.78. The van der Waals surface area contributed by atoms with E-state index in [4.69, 9.17) is 16.3 Å². The molecule has 0 bridgehead atoms. The van der Waals surface area contributed by atoms with E-state index in [1.807, 2.05) is 25.1 Å². The van der Waals surface area contributed by atoms with Crippen molar-refractivity contribution in [2.45, 2.75) is 33.0 Å². The highest BCUT2D eigenvalue weighted by Gasteiger charge is 2.24. The number of halogens is 1. The molecule has 0 aliphatic carbocycles. The van der Waals surface area contributed by atoms with Crippen LogP contribution >= 0.6 is 22.9 Å². The Morgan fingerprint density at radius 3 is 3.04 bits per heavy atom. The summed E-state index contributed by atoms with van der Waals surface area (Å²) < 4.78 is 5.04. The van der Waals surface area contributed by atoms with Crippen LogP contribution < -0.4 is 10.6 Å². The molecule has 0 spiro atoms. The molecule has 26 heavy (non-hydrogen) atoms. The van der Waals surface area contributed by atoms with Gasteiger partial charge in [-0.1, -0.05) is 22.9 Å². The lowest BCUT2D eigenvalue weighted by atomic mass is 9.98. The topological polar surface area (TPSA) is 83.5 Å². The van der Waals surface area contributed by atoms with Gasteiger partial charge in [-0.15, -0.1) is 0 Å². The van der Waals surface area contributed by atoms with Crippen LogP contribution in [0.3, 0.4) is 0 Å². The molecular formula is C18H20ClN3O3S. The molecule has 1 aliphatic rings. The van der Waals surface area contributed by atoms with Crippen molar-refractivity contribution in [2.24, 2.45) is 0 Å². The van der Waals surface area contributed by atoms with Crippen molar-refractivity contribution in [1.82, 2.24) is 4.98 Å². The van der Waals surface area contributed by atoms with Crippen LogP contribution in [0.4, 0.5) is 10.8 Å². The fourth-order valence-electron chi connectivity index (χ4n) is 2.75. The van der Waals surface area contributed by atoms with Crippen molar-refractivity contribution in [1.29, 1.82) is 0 Å². The molecule has 2 aromatic rings. The minimum atomic E-state index is -0.822. The Morgan fingerprint density at radius 1 is 1.54 bits per heavy atom. The molecule has 8 heteroatoms. The van der Waals surface area contributed by atoms with Gasteiger partial charge in [-0.3, -0.25) is 0 Å². The van der Waals surface area contributed by atoms with Crippen molar-refractivity contribution in [3.8, 4) is 0 Å². The highest BCUT2D eigenvalue weighted by atomic mass is 35.5. The molecule has 1 aromatic carbocycles. The number of carbonyl (C=O) groups excluding carboxylic acids is 1. The average Bonchev–Trinajstić information content (AvgIpc) is 2.95. The number of benzene rings is 1. The Balaban J connectivity index is 1.81. The number of ether oxygens (including phenoxy) is 1. The molecule has 0 saturated heterocycles. The van der Waals surface area contributed by atoms with E-state index in [-0.39, 0.29) is 12.0 Å². The highest BCUT2D eigenvalue weighted by molar-refractivity contribution is 7.17. The van der Waals surface area contributed by atoms with E-state index in [2.05, 4.69) is 15.6 Å². The fourth-order valence-corrected chi connectivity index (χ4v) is 3.88. The second kappa shape index (κ2) is 7.65. The van der Waals surface area contributed by atoms with Crippen molar-refractivity contribution in [3.05, 3.63) is 44.9 Å². The van der Waals surface area contributed by atoms with Gasteiger partial charge in [0.2, 0.25) is 0 Å². The zero-order chi connectivity index (χ0) is 18.8. The molecule has 0 amide bonds. The smallest absolute Gasteiger partial charge is 0.350 e. The number of esters is 1. The lowest BCUT2D eigenvalue weighted by Gasteiger charge is -2.28. The number of aromatic nitrogens is 1. The number of aliphatic hydroxyl groups is 1. The molecule has 3 rings (SSSR count). The minimum absolute atomic E-state index is 0.203. The quantitative estimate of drug-likeness (QED) is 0.668. The maximum atomic E-state index is 11.9. The lowest BCUT2D eigenvalue weighted by molar-refractivity contribution is 0.0531. The largest absolute Gasteiger partial charge is 0.462 e. The molecular weight excluding hydrogens is 374 g/mol. The first-order valence-corrected chi connectivity index (χ1v) is 9.45. The molecule has 6 nitrogen and oxygen atoms in total. The molecule has 2 heterocycles. The number of aryl methyl sites for hydroxylation is 1. The van der Waals surface area contributed by atoms with Crippen molar-refractivity contribution >= 4 is 45.8 Å².